The van der Waals surface area contributed by atoms with Crippen LogP contribution in [0.2, 0.25) is 0 Å². The molecule has 3 nitrogen and oxygen atoms in total. The lowest BCUT2D eigenvalue weighted by Gasteiger charge is -2.15. The summed E-state index contributed by atoms with van der Waals surface area (Å²) in [5.41, 5.74) is 3.32. The minimum atomic E-state index is 0.110. The van der Waals surface area contributed by atoms with Gasteiger partial charge >= 0.3 is 0 Å². The van der Waals surface area contributed by atoms with Crippen molar-refractivity contribution in [2.24, 2.45) is 0 Å². The van der Waals surface area contributed by atoms with Crippen LogP contribution in [0.25, 0.3) is 0 Å². The first-order chi connectivity index (χ1) is 9.27. The van der Waals surface area contributed by atoms with E-state index in [4.69, 9.17) is 4.98 Å². The van der Waals surface area contributed by atoms with Gasteiger partial charge in [-0.3, -0.25) is 4.98 Å². The second-order valence-electron chi connectivity index (χ2n) is 6.27. The van der Waals surface area contributed by atoms with Crippen molar-refractivity contribution in [3.8, 4) is 0 Å². The molecule has 108 valence electrons. The standard InChI is InChI=1S/C16H23N3S/c1-10-7-8-13(9-17-10)18-11(2)14-12(3)19-15(20-14)16(4,5)6/h7-9,11,18H,1-6H3. The highest BCUT2D eigenvalue weighted by Gasteiger charge is 2.22. The lowest BCUT2D eigenvalue weighted by Crippen LogP contribution is -2.10. The van der Waals surface area contributed by atoms with E-state index in [0.717, 1.165) is 17.1 Å². The topological polar surface area (TPSA) is 37.8 Å². The summed E-state index contributed by atoms with van der Waals surface area (Å²) in [7, 11) is 0. The van der Waals surface area contributed by atoms with E-state index in [9.17, 15) is 0 Å². The van der Waals surface area contributed by atoms with Crippen LogP contribution >= 0.6 is 11.3 Å². The monoisotopic (exact) mass is 289 g/mol. The normalized spacial score (nSPS) is 13.3. The molecule has 20 heavy (non-hydrogen) atoms. The molecule has 0 aromatic carbocycles. The predicted octanol–water partition coefficient (Wildman–Crippen LogP) is 4.63. The Balaban J connectivity index is 2.19. The van der Waals surface area contributed by atoms with E-state index >= 15 is 0 Å². The van der Waals surface area contributed by atoms with Gasteiger partial charge in [0.2, 0.25) is 0 Å². The summed E-state index contributed by atoms with van der Waals surface area (Å²) in [4.78, 5) is 10.3. The van der Waals surface area contributed by atoms with E-state index < -0.39 is 0 Å². The van der Waals surface area contributed by atoms with Crippen LogP contribution in [-0.4, -0.2) is 9.97 Å². The number of thiazole rings is 1. The van der Waals surface area contributed by atoms with Crippen molar-refractivity contribution in [2.75, 3.05) is 5.32 Å². The van der Waals surface area contributed by atoms with Crippen molar-refractivity contribution in [1.29, 1.82) is 0 Å². The molecule has 0 aliphatic heterocycles. The Morgan fingerprint density at radius 1 is 1.20 bits per heavy atom. The fourth-order valence-electron chi connectivity index (χ4n) is 2.00. The maximum absolute atomic E-state index is 4.72. The number of hydrogen-bond donors (Lipinski definition) is 1. The molecular weight excluding hydrogens is 266 g/mol. The Kier molecular flexibility index (Phi) is 4.14. The largest absolute Gasteiger partial charge is 0.376 e. The van der Waals surface area contributed by atoms with Crippen molar-refractivity contribution < 1.29 is 0 Å². The second-order valence-corrected chi connectivity index (χ2v) is 7.30. The molecule has 0 saturated carbocycles. The van der Waals surface area contributed by atoms with Gasteiger partial charge in [-0.15, -0.1) is 11.3 Å². The van der Waals surface area contributed by atoms with Crippen LogP contribution in [0.5, 0.6) is 0 Å². The van der Waals surface area contributed by atoms with Crippen LogP contribution < -0.4 is 5.32 Å². The lowest BCUT2D eigenvalue weighted by atomic mass is 9.98. The molecule has 0 aliphatic rings. The van der Waals surface area contributed by atoms with Gasteiger partial charge in [-0.05, 0) is 32.9 Å². The highest BCUT2D eigenvalue weighted by Crippen LogP contribution is 2.33. The minimum Gasteiger partial charge on any atom is -0.376 e. The highest BCUT2D eigenvalue weighted by atomic mass is 32.1. The van der Waals surface area contributed by atoms with Gasteiger partial charge in [-0.25, -0.2) is 4.98 Å². The second kappa shape index (κ2) is 5.52. The molecule has 0 fully saturated rings. The van der Waals surface area contributed by atoms with Crippen LogP contribution in [0, 0.1) is 13.8 Å². The van der Waals surface area contributed by atoms with Gasteiger partial charge in [0.15, 0.2) is 0 Å². The molecule has 2 aromatic rings. The van der Waals surface area contributed by atoms with Gasteiger partial charge in [0, 0.05) is 16.0 Å². The summed E-state index contributed by atoms with van der Waals surface area (Å²) in [6.45, 7) is 12.9. The van der Waals surface area contributed by atoms with Crippen molar-refractivity contribution in [3.63, 3.8) is 0 Å². The van der Waals surface area contributed by atoms with E-state index in [-0.39, 0.29) is 11.5 Å². The molecule has 4 heteroatoms. The van der Waals surface area contributed by atoms with E-state index in [1.807, 2.05) is 19.2 Å². The third-order valence-corrected chi connectivity index (χ3v) is 4.93. The summed E-state index contributed by atoms with van der Waals surface area (Å²) in [5.74, 6) is 0. The van der Waals surface area contributed by atoms with Gasteiger partial charge in [-0.2, -0.15) is 0 Å². The van der Waals surface area contributed by atoms with Crippen LogP contribution in [0.3, 0.4) is 0 Å². The molecule has 1 atom stereocenters. The lowest BCUT2D eigenvalue weighted by molar-refractivity contribution is 0.584. The van der Waals surface area contributed by atoms with Gasteiger partial charge < -0.3 is 5.32 Å². The zero-order chi connectivity index (χ0) is 14.9. The number of anilines is 1. The Hall–Kier alpha value is -1.42. The Labute approximate surface area is 125 Å². The maximum atomic E-state index is 4.72. The first kappa shape index (κ1) is 15.0. The predicted molar refractivity (Wildman–Crippen MR) is 86.6 cm³/mol. The molecule has 2 heterocycles. The molecule has 0 radical (unpaired) electrons. The Morgan fingerprint density at radius 3 is 2.40 bits per heavy atom. The summed E-state index contributed by atoms with van der Waals surface area (Å²) >= 11 is 1.80. The van der Waals surface area contributed by atoms with Crippen molar-refractivity contribution in [1.82, 2.24) is 9.97 Å². The van der Waals surface area contributed by atoms with Gasteiger partial charge in [0.1, 0.15) is 0 Å². The number of rotatable bonds is 3. The van der Waals surface area contributed by atoms with Crippen LogP contribution in [-0.2, 0) is 5.41 Å². The fourth-order valence-corrected chi connectivity index (χ4v) is 3.13. The smallest absolute Gasteiger partial charge is 0.0985 e. The fraction of sp³-hybridized carbons (Fsp3) is 0.500. The quantitative estimate of drug-likeness (QED) is 0.895. The number of pyridine rings is 1. The average molecular weight is 289 g/mol. The molecular formula is C16H23N3S. The molecule has 2 aromatic heterocycles. The van der Waals surface area contributed by atoms with Crippen LogP contribution in [0.4, 0.5) is 5.69 Å². The van der Waals surface area contributed by atoms with Gasteiger partial charge in [0.05, 0.1) is 28.6 Å². The van der Waals surface area contributed by atoms with Gasteiger partial charge in [-0.1, -0.05) is 20.8 Å². The van der Waals surface area contributed by atoms with Crippen LogP contribution in [0.15, 0.2) is 18.3 Å². The van der Waals surface area contributed by atoms with Crippen molar-refractivity contribution >= 4 is 17.0 Å². The number of aryl methyl sites for hydroxylation is 2. The highest BCUT2D eigenvalue weighted by molar-refractivity contribution is 7.12. The average Bonchev–Trinajstić information content (AvgIpc) is 2.74. The van der Waals surface area contributed by atoms with E-state index in [1.165, 1.54) is 9.88 Å². The Morgan fingerprint density at radius 2 is 1.90 bits per heavy atom. The molecule has 0 spiro atoms. The maximum Gasteiger partial charge on any atom is 0.0985 e. The molecule has 1 unspecified atom stereocenters. The first-order valence-electron chi connectivity index (χ1n) is 6.94. The van der Waals surface area contributed by atoms with E-state index in [0.29, 0.717) is 0 Å². The third-order valence-electron chi connectivity index (χ3n) is 3.16. The summed E-state index contributed by atoms with van der Waals surface area (Å²) in [6.07, 6.45) is 1.88. The molecule has 0 bridgehead atoms. The summed E-state index contributed by atoms with van der Waals surface area (Å²) in [6, 6.07) is 4.34. The number of hydrogen-bond acceptors (Lipinski definition) is 4. The molecule has 0 aliphatic carbocycles. The SMILES string of the molecule is Cc1ccc(NC(C)c2sc(C(C)(C)C)nc2C)cn1. The van der Waals surface area contributed by atoms with Crippen LogP contribution in [0.1, 0.15) is 55.0 Å². The zero-order valence-corrected chi connectivity index (χ0v) is 13.9. The molecule has 1 N–H and O–H groups in total. The summed E-state index contributed by atoms with van der Waals surface area (Å²) < 4.78 is 0. The Bertz CT molecular complexity index is 579. The number of aromatic nitrogens is 2. The van der Waals surface area contributed by atoms with E-state index in [2.05, 4.69) is 51.0 Å². The molecule has 2 rings (SSSR count). The van der Waals surface area contributed by atoms with Crippen molar-refractivity contribution in [2.45, 2.75) is 53.0 Å². The molecule has 0 saturated heterocycles. The van der Waals surface area contributed by atoms with E-state index in [1.54, 1.807) is 11.3 Å². The van der Waals surface area contributed by atoms with Crippen molar-refractivity contribution in [3.05, 3.63) is 39.6 Å². The minimum absolute atomic E-state index is 0.110. The zero-order valence-electron chi connectivity index (χ0n) is 13.1. The number of nitrogens with one attached hydrogen (secondary N) is 1. The third kappa shape index (κ3) is 3.37. The first-order valence-corrected chi connectivity index (χ1v) is 7.76. The summed E-state index contributed by atoms with van der Waals surface area (Å²) in [5, 5.41) is 4.69. The van der Waals surface area contributed by atoms with Gasteiger partial charge in [0.25, 0.3) is 0 Å². The molecule has 0 amide bonds. The number of nitrogens with zero attached hydrogens (tertiary/aromatic N) is 2.